The van der Waals surface area contributed by atoms with Crippen molar-refractivity contribution in [2.45, 2.75) is 36.6 Å². The largest absolute Gasteiger partial charge is 0.462 e. The summed E-state index contributed by atoms with van der Waals surface area (Å²) in [7, 11) is 0. The third-order valence-electron chi connectivity index (χ3n) is 5.57. The number of carbonyl (C=O) groups excluding carboxylic acids is 1. The van der Waals surface area contributed by atoms with E-state index in [2.05, 4.69) is 4.98 Å². The van der Waals surface area contributed by atoms with Gasteiger partial charge in [-0.1, -0.05) is 30.3 Å². The summed E-state index contributed by atoms with van der Waals surface area (Å²) in [6, 6.07) is 15.7. The van der Waals surface area contributed by atoms with Crippen LogP contribution in [-0.2, 0) is 9.53 Å². The average molecular weight is 440 g/mol. The first-order valence-electron chi connectivity index (χ1n) is 10.1. The van der Waals surface area contributed by atoms with Gasteiger partial charge in [-0.2, -0.15) is 0 Å². The van der Waals surface area contributed by atoms with Gasteiger partial charge in [0.15, 0.2) is 0 Å². The summed E-state index contributed by atoms with van der Waals surface area (Å²) < 4.78 is 11.3. The van der Waals surface area contributed by atoms with Crippen molar-refractivity contribution in [2.24, 2.45) is 5.73 Å². The van der Waals surface area contributed by atoms with Crippen molar-refractivity contribution in [3.8, 4) is 5.75 Å². The van der Waals surface area contributed by atoms with Gasteiger partial charge in [0.25, 0.3) is 0 Å². The highest BCUT2D eigenvalue weighted by atomic mass is 16.7. The summed E-state index contributed by atoms with van der Waals surface area (Å²) in [5.74, 6) is -1.29. The number of hydrogen-bond acceptors (Lipinski definition) is 8. The van der Waals surface area contributed by atoms with Gasteiger partial charge in [0.2, 0.25) is 12.2 Å². The number of nitrogens with two attached hydrogens (primary N) is 1. The number of aromatic nitrogens is 1. The minimum absolute atomic E-state index is 0.201. The number of rotatable bonds is 6. The molecule has 1 amide bonds. The topological polar surface area (TPSA) is 155 Å². The zero-order valence-electron chi connectivity index (χ0n) is 17.0. The summed E-state index contributed by atoms with van der Waals surface area (Å²) in [5.41, 5.74) is 7.59. The maximum Gasteiger partial charge on any atom is 0.229 e. The SMILES string of the molecule is NC(=O)C(c1ccc2ncccc2c1)c1ccccc1OC1OC(CO)C(O)C(O)C1O. The number of fused-ring (bicyclic) bond motifs is 1. The number of aliphatic hydroxyl groups is 4. The lowest BCUT2D eigenvalue weighted by atomic mass is 9.89. The van der Waals surface area contributed by atoms with Crippen LogP contribution in [0.2, 0.25) is 0 Å². The van der Waals surface area contributed by atoms with Crippen LogP contribution in [0.25, 0.3) is 10.9 Å². The molecule has 168 valence electrons. The molecule has 9 heteroatoms. The normalized spacial score (nSPS) is 26.6. The second kappa shape index (κ2) is 9.19. The zero-order chi connectivity index (χ0) is 22.8. The Hall–Kier alpha value is -3.08. The van der Waals surface area contributed by atoms with E-state index in [1.165, 1.54) is 0 Å². The van der Waals surface area contributed by atoms with Crippen LogP contribution in [0.3, 0.4) is 0 Å². The molecule has 6 unspecified atom stereocenters. The van der Waals surface area contributed by atoms with E-state index in [0.717, 1.165) is 10.9 Å². The zero-order valence-corrected chi connectivity index (χ0v) is 17.0. The van der Waals surface area contributed by atoms with E-state index in [4.69, 9.17) is 15.2 Å². The Labute approximate surface area is 183 Å². The van der Waals surface area contributed by atoms with Crippen LogP contribution in [0.4, 0.5) is 0 Å². The summed E-state index contributed by atoms with van der Waals surface area (Å²) in [4.78, 5) is 16.8. The molecule has 3 aromatic rings. The number of pyridine rings is 1. The predicted octanol–water partition coefficient (Wildman–Crippen LogP) is 0.0307. The van der Waals surface area contributed by atoms with E-state index >= 15 is 0 Å². The van der Waals surface area contributed by atoms with Gasteiger partial charge in [-0.25, -0.2) is 0 Å². The number of benzene rings is 2. The van der Waals surface area contributed by atoms with Gasteiger partial charge in [0, 0.05) is 17.1 Å². The molecule has 1 fully saturated rings. The van der Waals surface area contributed by atoms with Crippen LogP contribution in [0, 0.1) is 0 Å². The standard InChI is InChI=1S/C23H24N2O7/c24-22(30)18(13-7-8-15-12(10-13)4-3-9-25-15)14-5-1-2-6-16(14)31-23-21(29)20(28)19(27)17(11-26)32-23/h1-10,17-21,23,26-29H,11H2,(H2,24,30). The van der Waals surface area contributed by atoms with E-state index < -0.39 is 49.1 Å². The van der Waals surface area contributed by atoms with Gasteiger partial charge in [0.1, 0.15) is 30.2 Å². The van der Waals surface area contributed by atoms with E-state index in [9.17, 15) is 25.2 Å². The molecule has 6 N–H and O–H groups in total. The molecular weight excluding hydrogens is 416 g/mol. The molecule has 1 aliphatic rings. The van der Waals surface area contributed by atoms with Crippen molar-refractivity contribution in [1.29, 1.82) is 0 Å². The molecule has 6 atom stereocenters. The molecule has 1 saturated heterocycles. The quantitative estimate of drug-likeness (QED) is 0.360. The maximum absolute atomic E-state index is 12.5. The number of primary amides is 1. The maximum atomic E-state index is 12.5. The van der Waals surface area contributed by atoms with Gasteiger partial charge in [-0.15, -0.1) is 0 Å². The minimum Gasteiger partial charge on any atom is -0.462 e. The van der Waals surface area contributed by atoms with Gasteiger partial charge < -0.3 is 35.6 Å². The summed E-state index contributed by atoms with van der Waals surface area (Å²) in [5, 5.41) is 40.6. The third kappa shape index (κ3) is 4.16. The molecule has 1 aromatic heterocycles. The number of hydrogen-bond donors (Lipinski definition) is 5. The van der Waals surface area contributed by atoms with Gasteiger partial charge in [0.05, 0.1) is 18.0 Å². The van der Waals surface area contributed by atoms with E-state index in [1.807, 2.05) is 12.1 Å². The van der Waals surface area contributed by atoms with Crippen LogP contribution in [0.1, 0.15) is 17.0 Å². The van der Waals surface area contributed by atoms with Crippen LogP contribution in [0.15, 0.2) is 60.8 Å². The Morgan fingerprint density at radius 2 is 1.84 bits per heavy atom. The fourth-order valence-electron chi connectivity index (χ4n) is 3.89. The van der Waals surface area contributed by atoms with E-state index in [0.29, 0.717) is 11.1 Å². The van der Waals surface area contributed by atoms with Crippen molar-refractivity contribution >= 4 is 16.8 Å². The van der Waals surface area contributed by atoms with Crippen LogP contribution in [0.5, 0.6) is 5.75 Å². The summed E-state index contributed by atoms with van der Waals surface area (Å²) in [6.45, 7) is -0.582. The third-order valence-corrected chi connectivity index (χ3v) is 5.57. The highest BCUT2D eigenvalue weighted by Crippen LogP contribution is 2.35. The van der Waals surface area contributed by atoms with Crippen molar-refractivity contribution in [3.05, 3.63) is 71.9 Å². The van der Waals surface area contributed by atoms with Crippen molar-refractivity contribution < 1.29 is 34.7 Å². The van der Waals surface area contributed by atoms with E-state index in [1.54, 1.807) is 48.7 Å². The Kier molecular flexibility index (Phi) is 6.35. The monoisotopic (exact) mass is 440 g/mol. The van der Waals surface area contributed by atoms with Crippen LogP contribution >= 0.6 is 0 Å². The first kappa shape index (κ1) is 22.1. The van der Waals surface area contributed by atoms with Gasteiger partial charge in [-0.05, 0) is 29.8 Å². The lowest BCUT2D eigenvalue weighted by molar-refractivity contribution is -0.277. The summed E-state index contributed by atoms with van der Waals surface area (Å²) >= 11 is 0. The Bertz CT molecular complexity index is 1110. The number of aliphatic hydroxyl groups excluding tert-OH is 4. The molecular formula is C23H24N2O7. The highest BCUT2D eigenvalue weighted by molar-refractivity contribution is 5.88. The number of amides is 1. The van der Waals surface area contributed by atoms with Crippen molar-refractivity contribution in [3.63, 3.8) is 0 Å². The Morgan fingerprint density at radius 3 is 2.59 bits per heavy atom. The molecule has 4 rings (SSSR count). The smallest absolute Gasteiger partial charge is 0.229 e. The molecule has 9 nitrogen and oxygen atoms in total. The number of ether oxygens (including phenoxy) is 2. The van der Waals surface area contributed by atoms with Crippen LogP contribution in [-0.4, -0.2) is 68.6 Å². The number of nitrogens with zero attached hydrogens (tertiary/aromatic N) is 1. The molecule has 32 heavy (non-hydrogen) atoms. The van der Waals surface area contributed by atoms with Gasteiger partial charge >= 0.3 is 0 Å². The summed E-state index contributed by atoms with van der Waals surface area (Å²) in [6.07, 6.45) is -5.50. The Balaban J connectivity index is 1.70. The van der Waals surface area contributed by atoms with Crippen molar-refractivity contribution in [2.75, 3.05) is 6.61 Å². The second-order valence-corrected chi connectivity index (χ2v) is 7.64. The molecule has 1 aliphatic heterocycles. The molecule has 2 heterocycles. The highest BCUT2D eigenvalue weighted by Gasteiger charge is 2.45. The minimum atomic E-state index is -1.59. The van der Waals surface area contributed by atoms with Gasteiger partial charge in [-0.3, -0.25) is 9.78 Å². The average Bonchev–Trinajstić information content (AvgIpc) is 2.80. The first-order valence-corrected chi connectivity index (χ1v) is 10.1. The molecule has 0 spiro atoms. The lowest BCUT2D eigenvalue weighted by Crippen LogP contribution is -2.60. The predicted molar refractivity (Wildman–Crippen MR) is 114 cm³/mol. The fraction of sp³-hybridized carbons (Fsp3) is 0.304. The number of para-hydroxylation sites is 1. The number of carbonyl (C=O) groups is 1. The molecule has 0 radical (unpaired) electrons. The Morgan fingerprint density at radius 1 is 1.06 bits per heavy atom. The van der Waals surface area contributed by atoms with Crippen LogP contribution < -0.4 is 10.5 Å². The second-order valence-electron chi connectivity index (χ2n) is 7.64. The fourth-order valence-corrected chi connectivity index (χ4v) is 3.89. The lowest BCUT2D eigenvalue weighted by Gasteiger charge is -2.39. The molecule has 0 saturated carbocycles. The van der Waals surface area contributed by atoms with E-state index in [-0.39, 0.29) is 5.75 Å². The molecule has 0 aliphatic carbocycles. The molecule has 2 aromatic carbocycles. The molecule has 0 bridgehead atoms. The first-order chi connectivity index (χ1) is 15.4. The van der Waals surface area contributed by atoms with Crippen molar-refractivity contribution in [1.82, 2.24) is 4.98 Å².